The summed E-state index contributed by atoms with van der Waals surface area (Å²) in [5.41, 5.74) is 1.50. The molecule has 0 bridgehead atoms. The van der Waals surface area contributed by atoms with Crippen LogP contribution in [-0.2, 0) is 0 Å². The zero-order valence-corrected chi connectivity index (χ0v) is 13.1. The third kappa shape index (κ3) is 2.99. The minimum atomic E-state index is -0.348. The largest absolute Gasteiger partial charge is 0.339 e. The Bertz CT molecular complexity index is 607. The summed E-state index contributed by atoms with van der Waals surface area (Å²) in [6.07, 6.45) is 1.53. The minimum absolute atomic E-state index is 0.121. The van der Waals surface area contributed by atoms with Gasteiger partial charge < -0.3 is 5.32 Å². The number of nitrogens with zero attached hydrogens (tertiary/aromatic N) is 2. The standard InChI is InChI=1S/C11H7Br2ClFN3/c1-5-2-6(12)8(15)3-9(5)17-10-7(13)4-16-11(14)18-10/h2-4H,1H3,(H,16,17,18). The molecule has 2 rings (SSSR count). The first-order chi connectivity index (χ1) is 8.47. The van der Waals surface area contributed by atoms with Crippen LogP contribution in [-0.4, -0.2) is 9.97 Å². The van der Waals surface area contributed by atoms with Gasteiger partial charge in [-0.15, -0.1) is 0 Å². The van der Waals surface area contributed by atoms with Crippen LogP contribution in [0.25, 0.3) is 0 Å². The van der Waals surface area contributed by atoms with Gasteiger partial charge in [0.15, 0.2) is 0 Å². The fraction of sp³-hybridized carbons (Fsp3) is 0.0909. The lowest BCUT2D eigenvalue weighted by Crippen LogP contribution is -1.99. The summed E-state index contributed by atoms with van der Waals surface area (Å²) in [4.78, 5) is 7.84. The van der Waals surface area contributed by atoms with E-state index in [-0.39, 0.29) is 11.1 Å². The molecule has 94 valence electrons. The summed E-state index contributed by atoms with van der Waals surface area (Å²) in [5.74, 6) is 0.138. The van der Waals surface area contributed by atoms with Crippen LogP contribution in [0.3, 0.4) is 0 Å². The van der Waals surface area contributed by atoms with Crippen LogP contribution in [0.5, 0.6) is 0 Å². The summed E-state index contributed by atoms with van der Waals surface area (Å²) in [6, 6.07) is 3.08. The molecule has 1 aromatic carbocycles. The third-order valence-electron chi connectivity index (χ3n) is 2.24. The van der Waals surface area contributed by atoms with E-state index in [1.165, 1.54) is 12.3 Å². The number of halogens is 4. The molecular formula is C11H7Br2ClFN3. The minimum Gasteiger partial charge on any atom is -0.339 e. The van der Waals surface area contributed by atoms with E-state index in [0.29, 0.717) is 20.5 Å². The zero-order valence-electron chi connectivity index (χ0n) is 9.14. The first kappa shape index (κ1) is 13.7. The number of hydrogen-bond acceptors (Lipinski definition) is 3. The molecule has 3 nitrogen and oxygen atoms in total. The smallest absolute Gasteiger partial charge is 0.224 e. The van der Waals surface area contributed by atoms with E-state index in [1.54, 1.807) is 6.07 Å². The lowest BCUT2D eigenvalue weighted by Gasteiger charge is -2.11. The number of aryl methyl sites for hydroxylation is 1. The van der Waals surface area contributed by atoms with Crippen molar-refractivity contribution in [3.05, 3.63) is 43.9 Å². The van der Waals surface area contributed by atoms with E-state index >= 15 is 0 Å². The van der Waals surface area contributed by atoms with Crippen LogP contribution >= 0.6 is 43.5 Å². The van der Waals surface area contributed by atoms with E-state index in [9.17, 15) is 4.39 Å². The second-order valence-corrected chi connectivity index (χ2v) is 5.59. The van der Waals surface area contributed by atoms with Gasteiger partial charge in [0, 0.05) is 11.9 Å². The molecule has 0 aliphatic rings. The van der Waals surface area contributed by atoms with E-state index < -0.39 is 0 Å². The Labute approximate surface area is 125 Å². The molecule has 0 unspecified atom stereocenters. The summed E-state index contributed by atoms with van der Waals surface area (Å²) in [6.45, 7) is 1.86. The van der Waals surface area contributed by atoms with Crippen LogP contribution < -0.4 is 5.32 Å². The second-order valence-electron chi connectivity index (χ2n) is 3.54. The van der Waals surface area contributed by atoms with E-state index in [0.717, 1.165) is 5.56 Å². The Hall–Kier alpha value is -0.720. The molecular weight excluding hydrogens is 388 g/mol. The fourth-order valence-corrected chi connectivity index (χ4v) is 2.22. The molecule has 0 aliphatic carbocycles. The van der Waals surface area contributed by atoms with Gasteiger partial charge in [-0.25, -0.2) is 9.37 Å². The van der Waals surface area contributed by atoms with Gasteiger partial charge in [0.25, 0.3) is 0 Å². The van der Waals surface area contributed by atoms with E-state index in [4.69, 9.17) is 11.6 Å². The highest BCUT2D eigenvalue weighted by Crippen LogP contribution is 2.29. The second kappa shape index (κ2) is 5.50. The quantitative estimate of drug-likeness (QED) is 0.739. The van der Waals surface area contributed by atoms with Crippen molar-refractivity contribution in [1.82, 2.24) is 9.97 Å². The molecule has 0 radical (unpaired) electrons. The first-order valence-electron chi connectivity index (χ1n) is 4.88. The predicted molar refractivity (Wildman–Crippen MR) is 76.9 cm³/mol. The summed E-state index contributed by atoms with van der Waals surface area (Å²) in [7, 11) is 0. The van der Waals surface area contributed by atoms with Crippen LogP contribution in [0.2, 0.25) is 5.28 Å². The molecule has 1 N–H and O–H groups in total. The zero-order chi connectivity index (χ0) is 13.3. The molecule has 2 aromatic rings. The monoisotopic (exact) mass is 393 g/mol. The molecule has 0 fully saturated rings. The van der Waals surface area contributed by atoms with Gasteiger partial charge in [0.05, 0.1) is 8.95 Å². The van der Waals surface area contributed by atoms with Crippen molar-refractivity contribution in [3.8, 4) is 0 Å². The van der Waals surface area contributed by atoms with Gasteiger partial charge in [-0.1, -0.05) is 0 Å². The van der Waals surface area contributed by atoms with Crippen molar-refractivity contribution in [1.29, 1.82) is 0 Å². The maximum absolute atomic E-state index is 13.5. The summed E-state index contributed by atoms with van der Waals surface area (Å²) in [5, 5.41) is 3.13. The van der Waals surface area contributed by atoms with Crippen LogP contribution in [0.15, 0.2) is 27.3 Å². The molecule has 0 aliphatic heterocycles. The number of rotatable bonds is 2. The molecule has 0 spiro atoms. The number of aromatic nitrogens is 2. The SMILES string of the molecule is Cc1cc(Br)c(F)cc1Nc1nc(Cl)ncc1Br. The van der Waals surface area contributed by atoms with Crippen molar-refractivity contribution in [2.24, 2.45) is 0 Å². The van der Waals surface area contributed by atoms with Crippen molar-refractivity contribution in [2.75, 3.05) is 5.32 Å². The molecule has 0 saturated carbocycles. The maximum atomic E-state index is 13.5. The average molecular weight is 395 g/mol. The highest BCUT2D eigenvalue weighted by atomic mass is 79.9. The first-order valence-corrected chi connectivity index (χ1v) is 6.84. The summed E-state index contributed by atoms with van der Waals surface area (Å²) < 4.78 is 14.6. The molecule has 18 heavy (non-hydrogen) atoms. The van der Waals surface area contributed by atoms with Gasteiger partial charge in [-0.2, -0.15) is 4.98 Å². The van der Waals surface area contributed by atoms with Gasteiger partial charge in [0.2, 0.25) is 5.28 Å². The molecule has 1 heterocycles. The number of benzene rings is 1. The van der Waals surface area contributed by atoms with E-state index in [1.807, 2.05) is 6.92 Å². The highest BCUT2D eigenvalue weighted by Gasteiger charge is 2.09. The Morgan fingerprint density at radius 2 is 2.00 bits per heavy atom. The topological polar surface area (TPSA) is 37.8 Å². The normalized spacial score (nSPS) is 10.5. The highest BCUT2D eigenvalue weighted by molar-refractivity contribution is 9.10. The van der Waals surface area contributed by atoms with Crippen molar-refractivity contribution >= 4 is 55.0 Å². The van der Waals surface area contributed by atoms with Crippen LogP contribution in [0.1, 0.15) is 5.56 Å². The molecule has 7 heteroatoms. The Kier molecular flexibility index (Phi) is 4.19. The third-order valence-corrected chi connectivity index (χ3v) is 3.61. The lowest BCUT2D eigenvalue weighted by atomic mass is 10.2. The predicted octanol–water partition coefficient (Wildman–Crippen LogP) is 4.85. The molecule has 0 atom stereocenters. The summed E-state index contributed by atoms with van der Waals surface area (Å²) >= 11 is 12.1. The molecule has 1 aromatic heterocycles. The number of nitrogens with one attached hydrogen (secondary N) is 1. The fourth-order valence-electron chi connectivity index (χ4n) is 1.34. The molecule has 0 saturated heterocycles. The van der Waals surface area contributed by atoms with Crippen LogP contribution in [0.4, 0.5) is 15.9 Å². The Morgan fingerprint density at radius 1 is 1.28 bits per heavy atom. The molecule has 0 amide bonds. The Morgan fingerprint density at radius 3 is 2.72 bits per heavy atom. The Balaban J connectivity index is 2.40. The van der Waals surface area contributed by atoms with E-state index in [2.05, 4.69) is 47.1 Å². The lowest BCUT2D eigenvalue weighted by molar-refractivity contribution is 0.621. The van der Waals surface area contributed by atoms with Crippen molar-refractivity contribution in [3.63, 3.8) is 0 Å². The number of hydrogen-bond donors (Lipinski definition) is 1. The van der Waals surface area contributed by atoms with Gasteiger partial charge in [-0.05, 0) is 68.1 Å². The van der Waals surface area contributed by atoms with Crippen LogP contribution in [0, 0.1) is 12.7 Å². The number of anilines is 2. The van der Waals surface area contributed by atoms with Gasteiger partial charge >= 0.3 is 0 Å². The maximum Gasteiger partial charge on any atom is 0.224 e. The van der Waals surface area contributed by atoms with Crippen molar-refractivity contribution < 1.29 is 4.39 Å². The van der Waals surface area contributed by atoms with Gasteiger partial charge in [-0.3, -0.25) is 0 Å². The van der Waals surface area contributed by atoms with Gasteiger partial charge in [0.1, 0.15) is 11.6 Å². The average Bonchev–Trinajstić information content (AvgIpc) is 2.30. The van der Waals surface area contributed by atoms with Crippen molar-refractivity contribution in [2.45, 2.75) is 6.92 Å².